The molecule has 3 N–H and O–H groups in total. The number of hydrazine groups is 1. The summed E-state index contributed by atoms with van der Waals surface area (Å²) in [7, 11) is 0. The van der Waals surface area contributed by atoms with E-state index in [9.17, 15) is 0 Å². The first-order valence-corrected chi connectivity index (χ1v) is 7.73. The van der Waals surface area contributed by atoms with Crippen LogP contribution < -0.4 is 11.3 Å². The molecule has 1 aliphatic rings. The first-order valence-electron chi connectivity index (χ1n) is 5.76. The Labute approximate surface area is 111 Å². The van der Waals surface area contributed by atoms with Crippen LogP contribution in [0.2, 0.25) is 0 Å². The summed E-state index contributed by atoms with van der Waals surface area (Å²) in [5.74, 6) is 8.75. The highest BCUT2D eigenvalue weighted by atomic mass is 32.2. The van der Waals surface area contributed by atoms with Crippen LogP contribution in [0.3, 0.4) is 0 Å². The second kappa shape index (κ2) is 5.00. The predicted octanol–water partition coefficient (Wildman–Crippen LogP) is 2.55. The Bertz CT molecular complexity index is 406. The Morgan fingerprint density at radius 1 is 1.47 bits per heavy atom. The van der Waals surface area contributed by atoms with E-state index in [4.69, 9.17) is 5.84 Å². The standard InChI is InChI=1S/C12H19N3S2/c1-12(2,3)14-11(15-13)10-6-8-7-16-5-4-9(8)17-10/h6H,4-5,7,13H2,1-3H3,(H,14,15). The van der Waals surface area contributed by atoms with E-state index in [0.29, 0.717) is 0 Å². The molecule has 0 atom stereocenters. The minimum atomic E-state index is -0.110. The van der Waals surface area contributed by atoms with Gasteiger partial charge in [0.1, 0.15) is 0 Å². The van der Waals surface area contributed by atoms with E-state index in [1.807, 2.05) is 23.1 Å². The van der Waals surface area contributed by atoms with Crippen molar-refractivity contribution in [3.05, 3.63) is 21.4 Å². The molecule has 0 bridgehead atoms. The molecule has 1 aliphatic heterocycles. The number of fused-ring (bicyclic) bond motifs is 1. The van der Waals surface area contributed by atoms with Crippen molar-refractivity contribution in [2.24, 2.45) is 10.8 Å². The van der Waals surface area contributed by atoms with Crippen LogP contribution in [0.25, 0.3) is 0 Å². The summed E-state index contributed by atoms with van der Waals surface area (Å²) in [5, 5.41) is 0. The van der Waals surface area contributed by atoms with Crippen molar-refractivity contribution < 1.29 is 0 Å². The van der Waals surface area contributed by atoms with Crippen molar-refractivity contribution in [3.8, 4) is 0 Å². The first kappa shape index (κ1) is 12.9. The number of aliphatic imine (C=N–C) groups is 1. The van der Waals surface area contributed by atoms with Crippen LogP contribution in [-0.2, 0) is 12.2 Å². The van der Waals surface area contributed by atoms with E-state index in [2.05, 4.69) is 37.3 Å². The number of aryl methyl sites for hydroxylation is 1. The molecule has 5 heteroatoms. The molecule has 0 radical (unpaired) electrons. The van der Waals surface area contributed by atoms with Crippen molar-refractivity contribution in [2.45, 2.75) is 38.5 Å². The summed E-state index contributed by atoms with van der Waals surface area (Å²) in [5.41, 5.74) is 4.08. The Kier molecular flexibility index (Phi) is 3.80. The topological polar surface area (TPSA) is 50.4 Å². The van der Waals surface area contributed by atoms with E-state index < -0.39 is 0 Å². The van der Waals surface area contributed by atoms with E-state index in [0.717, 1.165) is 16.5 Å². The molecule has 0 aliphatic carbocycles. The van der Waals surface area contributed by atoms with Crippen LogP contribution in [0, 0.1) is 0 Å². The number of amidine groups is 1. The largest absolute Gasteiger partial charge is 0.308 e. The van der Waals surface area contributed by atoms with Gasteiger partial charge >= 0.3 is 0 Å². The van der Waals surface area contributed by atoms with Crippen LogP contribution in [0.1, 0.15) is 36.1 Å². The minimum absolute atomic E-state index is 0.110. The molecule has 1 aromatic rings. The van der Waals surface area contributed by atoms with Gasteiger partial charge in [-0.05, 0) is 44.6 Å². The maximum atomic E-state index is 5.59. The maximum absolute atomic E-state index is 5.59. The van der Waals surface area contributed by atoms with Gasteiger partial charge in [0.05, 0.1) is 10.4 Å². The molecule has 0 saturated heterocycles. The number of thiophene rings is 1. The summed E-state index contributed by atoms with van der Waals surface area (Å²) in [4.78, 5) is 7.28. The molecule has 0 aromatic carbocycles. The van der Waals surface area contributed by atoms with E-state index in [-0.39, 0.29) is 5.54 Å². The summed E-state index contributed by atoms with van der Waals surface area (Å²) >= 11 is 3.82. The Hall–Kier alpha value is -0.520. The fourth-order valence-corrected chi connectivity index (χ4v) is 4.08. The van der Waals surface area contributed by atoms with Crippen LogP contribution in [0.15, 0.2) is 11.1 Å². The lowest BCUT2D eigenvalue weighted by Crippen LogP contribution is -2.33. The minimum Gasteiger partial charge on any atom is -0.308 e. The van der Waals surface area contributed by atoms with Crippen molar-refractivity contribution in [1.82, 2.24) is 5.43 Å². The van der Waals surface area contributed by atoms with Gasteiger partial charge in [-0.3, -0.25) is 4.99 Å². The molecule has 2 rings (SSSR count). The summed E-state index contributed by atoms with van der Waals surface area (Å²) < 4.78 is 0. The van der Waals surface area contributed by atoms with Gasteiger partial charge in [0.15, 0.2) is 5.84 Å². The van der Waals surface area contributed by atoms with Gasteiger partial charge in [-0.1, -0.05) is 0 Å². The fourth-order valence-electron chi connectivity index (χ4n) is 1.76. The average molecular weight is 269 g/mol. The lowest BCUT2D eigenvalue weighted by Gasteiger charge is -2.14. The Morgan fingerprint density at radius 3 is 2.82 bits per heavy atom. The Morgan fingerprint density at radius 2 is 2.24 bits per heavy atom. The molecule has 1 aromatic heterocycles. The smallest absolute Gasteiger partial charge is 0.153 e. The number of nitrogens with zero attached hydrogens (tertiary/aromatic N) is 1. The molecule has 0 fully saturated rings. The third-order valence-electron chi connectivity index (χ3n) is 2.44. The number of nitrogens with two attached hydrogens (primary N) is 1. The molecule has 0 unspecified atom stereocenters. The van der Waals surface area contributed by atoms with Crippen molar-refractivity contribution in [3.63, 3.8) is 0 Å². The lowest BCUT2D eigenvalue weighted by molar-refractivity contribution is 0.580. The van der Waals surface area contributed by atoms with Gasteiger partial charge < -0.3 is 5.43 Å². The van der Waals surface area contributed by atoms with Crippen molar-refractivity contribution in [1.29, 1.82) is 0 Å². The van der Waals surface area contributed by atoms with E-state index in [1.165, 1.54) is 22.6 Å². The summed E-state index contributed by atoms with van der Waals surface area (Å²) in [6, 6.07) is 2.23. The summed E-state index contributed by atoms with van der Waals surface area (Å²) in [6.45, 7) is 6.23. The molecule has 0 saturated carbocycles. The highest BCUT2D eigenvalue weighted by molar-refractivity contribution is 7.98. The molecular formula is C12H19N3S2. The molecule has 17 heavy (non-hydrogen) atoms. The maximum Gasteiger partial charge on any atom is 0.153 e. The number of hydrogen-bond acceptors (Lipinski definition) is 4. The molecule has 0 amide bonds. The third kappa shape index (κ3) is 3.24. The second-order valence-corrected chi connectivity index (χ2v) is 7.38. The molecule has 94 valence electrons. The van der Waals surface area contributed by atoms with Gasteiger partial charge in [0.2, 0.25) is 0 Å². The molecule has 3 nitrogen and oxygen atoms in total. The SMILES string of the molecule is CC(C)(C)N=C(NN)c1cc2c(s1)CCSC2. The van der Waals surface area contributed by atoms with Crippen LogP contribution in [-0.4, -0.2) is 17.1 Å². The number of rotatable bonds is 1. The van der Waals surface area contributed by atoms with E-state index >= 15 is 0 Å². The highest BCUT2D eigenvalue weighted by Crippen LogP contribution is 2.32. The van der Waals surface area contributed by atoms with Gasteiger partial charge in [-0.15, -0.1) is 11.3 Å². The monoisotopic (exact) mass is 269 g/mol. The first-order chi connectivity index (χ1) is 7.99. The van der Waals surface area contributed by atoms with Crippen LogP contribution >= 0.6 is 23.1 Å². The predicted molar refractivity (Wildman–Crippen MR) is 77.8 cm³/mol. The molecular weight excluding hydrogens is 250 g/mol. The lowest BCUT2D eigenvalue weighted by atomic mass is 10.1. The number of nitrogens with one attached hydrogen (secondary N) is 1. The van der Waals surface area contributed by atoms with E-state index in [1.54, 1.807) is 0 Å². The Balaban J connectivity index is 2.32. The zero-order chi connectivity index (χ0) is 12.5. The summed E-state index contributed by atoms with van der Waals surface area (Å²) in [6.07, 6.45) is 1.18. The zero-order valence-electron chi connectivity index (χ0n) is 10.5. The third-order valence-corrected chi connectivity index (χ3v) is 4.70. The van der Waals surface area contributed by atoms with Gasteiger partial charge in [0, 0.05) is 10.6 Å². The molecule has 2 heterocycles. The fraction of sp³-hybridized carbons (Fsp3) is 0.583. The van der Waals surface area contributed by atoms with Crippen LogP contribution in [0.4, 0.5) is 0 Å². The number of thioether (sulfide) groups is 1. The zero-order valence-corrected chi connectivity index (χ0v) is 12.2. The quantitative estimate of drug-likeness (QED) is 0.356. The van der Waals surface area contributed by atoms with Gasteiger partial charge in [-0.2, -0.15) is 11.8 Å². The van der Waals surface area contributed by atoms with Crippen molar-refractivity contribution in [2.75, 3.05) is 5.75 Å². The normalized spacial score (nSPS) is 16.8. The second-order valence-electron chi connectivity index (χ2n) is 5.14. The average Bonchev–Trinajstić information content (AvgIpc) is 2.67. The van der Waals surface area contributed by atoms with Gasteiger partial charge in [-0.25, -0.2) is 5.84 Å². The van der Waals surface area contributed by atoms with Crippen LogP contribution in [0.5, 0.6) is 0 Å². The number of hydrogen-bond donors (Lipinski definition) is 2. The molecule has 0 spiro atoms. The van der Waals surface area contributed by atoms with Gasteiger partial charge in [0.25, 0.3) is 0 Å². The van der Waals surface area contributed by atoms with Crippen molar-refractivity contribution >= 4 is 28.9 Å². The highest BCUT2D eigenvalue weighted by Gasteiger charge is 2.17.